The molecule has 146 valence electrons. The number of benzene rings is 2. The average molecular weight is 402 g/mol. The number of piperidine rings is 1. The summed E-state index contributed by atoms with van der Waals surface area (Å²) in [5.41, 5.74) is 0.842. The van der Waals surface area contributed by atoms with E-state index in [0.717, 1.165) is 11.1 Å². The van der Waals surface area contributed by atoms with Crippen LogP contribution < -0.4 is 4.74 Å². The lowest BCUT2D eigenvalue weighted by Gasteiger charge is -2.36. The minimum atomic E-state index is -1.32. The molecule has 0 N–H and O–H groups in total. The topological polar surface area (TPSA) is 46.6 Å². The highest BCUT2D eigenvalue weighted by Crippen LogP contribution is 2.32. The fraction of sp³-hybridized carbons (Fsp3) is 0.364. The van der Waals surface area contributed by atoms with Gasteiger partial charge in [-0.05, 0) is 48.7 Å². The van der Waals surface area contributed by atoms with E-state index in [4.69, 9.17) is 16.3 Å². The van der Waals surface area contributed by atoms with Crippen LogP contribution in [-0.2, 0) is 17.6 Å². The van der Waals surface area contributed by atoms with Crippen molar-refractivity contribution in [1.82, 2.24) is 4.90 Å². The Morgan fingerprint density at radius 1 is 1.14 bits per heavy atom. The standard InChI is InChI=1S/C22H21ClFNO3/c23-18-4-1-15(2-5-18)13-22(24)7-9-25(10-8-22)21(27)16-3-6-20-17(11-16)12-19(26)14-28-20/h1-6,11H,7-10,12-14H2. The van der Waals surface area contributed by atoms with Crippen molar-refractivity contribution < 1.29 is 18.7 Å². The molecule has 28 heavy (non-hydrogen) atoms. The van der Waals surface area contributed by atoms with E-state index in [-0.39, 0.29) is 24.7 Å². The van der Waals surface area contributed by atoms with Gasteiger partial charge in [0.1, 0.15) is 18.0 Å². The molecule has 0 bridgehead atoms. The Morgan fingerprint density at radius 3 is 2.57 bits per heavy atom. The number of ketones is 1. The summed E-state index contributed by atoms with van der Waals surface area (Å²) in [6.45, 7) is 0.823. The third kappa shape index (κ3) is 4.04. The zero-order chi connectivity index (χ0) is 19.7. The Labute approximate surface area is 168 Å². The molecule has 0 radical (unpaired) electrons. The second-order valence-electron chi connectivity index (χ2n) is 7.57. The molecular weight excluding hydrogens is 381 g/mol. The Hall–Kier alpha value is -2.40. The maximum absolute atomic E-state index is 15.2. The Balaban J connectivity index is 1.40. The average Bonchev–Trinajstić information content (AvgIpc) is 2.69. The van der Waals surface area contributed by atoms with Crippen molar-refractivity contribution in [2.45, 2.75) is 31.4 Å². The van der Waals surface area contributed by atoms with Gasteiger partial charge in [0.05, 0.1) is 0 Å². The van der Waals surface area contributed by atoms with Crippen LogP contribution in [0, 0.1) is 0 Å². The third-order valence-electron chi connectivity index (χ3n) is 5.46. The highest BCUT2D eigenvalue weighted by Gasteiger charge is 2.36. The van der Waals surface area contributed by atoms with Crippen molar-refractivity contribution in [2.75, 3.05) is 19.7 Å². The number of likely N-dealkylation sites (tertiary alicyclic amines) is 1. The summed E-state index contributed by atoms with van der Waals surface area (Å²) in [5.74, 6) is 0.523. The number of fused-ring (bicyclic) bond motifs is 1. The monoisotopic (exact) mass is 401 g/mol. The van der Waals surface area contributed by atoms with Gasteiger partial charge in [-0.2, -0.15) is 0 Å². The van der Waals surface area contributed by atoms with Gasteiger partial charge in [0.2, 0.25) is 0 Å². The van der Waals surface area contributed by atoms with Gasteiger partial charge in [-0.15, -0.1) is 0 Å². The molecule has 0 unspecified atom stereocenters. The quantitative estimate of drug-likeness (QED) is 0.780. The van der Waals surface area contributed by atoms with Gasteiger partial charge in [0, 0.05) is 42.1 Å². The van der Waals surface area contributed by atoms with Crippen molar-refractivity contribution in [3.8, 4) is 5.75 Å². The normalized spacial score (nSPS) is 18.4. The molecule has 4 nitrogen and oxygen atoms in total. The van der Waals surface area contributed by atoms with Crippen LogP contribution in [0.4, 0.5) is 4.39 Å². The lowest BCUT2D eigenvalue weighted by molar-refractivity contribution is -0.121. The minimum Gasteiger partial charge on any atom is -0.486 e. The number of carbonyl (C=O) groups is 2. The van der Waals surface area contributed by atoms with Crippen molar-refractivity contribution >= 4 is 23.3 Å². The van der Waals surface area contributed by atoms with Crippen LogP contribution in [0.1, 0.15) is 34.3 Å². The van der Waals surface area contributed by atoms with E-state index < -0.39 is 5.67 Å². The molecule has 1 amide bonds. The van der Waals surface area contributed by atoms with E-state index in [1.807, 2.05) is 12.1 Å². The van der Waals surface area contributed by atoms with Crippen LogP contribution in [-0.4, -0.2) is 42.0 Å². The Kier molecular flexibility index (Phi) is 5.11. The van der Waals surface area contributed by atoms with Crippen LogP contribution in [0.2, 0.25) is 5.02 Å². The SMILES string of the molecule is O=C1COc2ccc(C(=O)N3CCC(F)(Cc4ccc(Cl)cc4)CC3)cc2C1. The highest BCUT2D eigenvalue weighted by molar-refractivity contribution is 6.30. The summed E-state index contributed by atoms with van der Waals surface area (Å²) in [7, 11) is 0. The first-order chi connectivity index (χ1) is 13.4. The number of halogens is 2. The zero-order valence-electron chi connectivity index (χ0n) is 15.4. The molecule has 2 heterocycles. The van der Waals surface area contributed by atoms with Crippen LogP contribution in [0.25, 0.3) is 0 Å². The van der Waals surface area contributed by atoms with Crippen LogP contribution in [0.5, 0.6) is 5.75 Å². The van der Waals surface area contributed by atoms with E-state index in [0.29, 0.717) is 48.7 Å². The predicted molar refractivity (Wildman–Crippen MR) is 105 cm³/mol. The molecule has 6 heteroatoms. The number of nitrogens with zero attached hydrogens (tertiary/aromatic N) is 1. The fourth-order valence-electron chi connectivity index (χ4n) is 3.85. The van der Waals surface area contributed by atoms with E-state index in [2.05, 4.69) is 0 Å². The molecular formula is C22H21ClFNO3. The first-order valence-electron chi connectivity index (χ1n) is 9.42. The summed E-state index contributed by atoms with van der Waals surface area (Å²) >= 11 is 5.89. The Bertz CT molecular complexity index is 904. The van der Waals surface area contributed by atoms with E-state index in [1.165, 1.54) is 0 Å². The molecule has 0 saturated carbocycles. The van der Waals surface area contributed by atoms with Crippen LogP contribution >= 0.6 is 11.6 Å². The number of rotatable bonds is 3. The molecule has 2 aliphatic heterocycles. The molecule has 4 rings (SSSR count). The zero-order valence-corrected chi connectivity index (χ0v) is 16.2. The van der Waals surface area contributed by atoms with Crippen LogP contribution in [0.3, 0.4) is 0 Å². The summed E-state index contributed by atoms with van der Waals surface area (Å²) in [6, 6.07) is 12.4. The molecule has 2 aliphatic rings. The number of alkyl halides is 1. The van der Waals surface area contributed by atoms with Gasteiger partial charge >= 0.3 is 0 Å². The molecule has 0 aromatic heterocycles. The van der Waals surface area contributed by atoms with Gasteiger partial charge in [-0.3, -0.25) is 9.59 Å². The molecule has 0 atom stereocenters. The highest BCUT2D eigenvalue weighted by atomic mass is 35.5. The minimum absolute atomic E-state index is 0.000478. The number of Topliss-reactive ketones (excluding diaryl/α,β-unsaturated/α-hetero) is 1. The van der Waals surface area contributed by atoms with Crippen molar-refractivity contribution in [3.05, 3.63) is 64.2 Å². The van der Waals surface area contributed by atoms with E-state index >= 15 is 4.39 Å². The van der Waals surface area contributed by atoms with Crippen molar-refractivity contribution in [1.29, 1.82) is 0 Å². The summed E-state index contributed by atoms with van der Waals surface area (Å²) < 4.78 is 20.6. The number of hydrogen-bond donors (Lipinski definition) is 0. The lowest BCUT2D eigenvalue weighted by Crippen LogP contribution is -2.45. The number of amides is 1. The van der Waals surface area contributed by atoms with E-state index in [1.54, 1.807) is 35.2 Å². The van der Waals surface area contributed by atoms with Crippen molar-refractivity contribution in [3.63, 3.8) is 0 Å². The predicted octanol–water partition coefficient (Wildman–Crippen LogP) is 4.03. The molecule has 0 aliphatic carbocycles. The third-order valence-corrected chi connectivity index (χ3v) is 5.72. The first kappa shape index (κ1) is 18.9. The molecule has 1 saturated heterocycles. The van der Waals surface area contributed by atoms with Crippen LogP contribution in [0.15, 0.2) is 42.5 Å². The maximum Gasteiger partial charge on any atom is 0.253 e. The van der Waals surface area contributed by atoms with E-state index in [9.17, 15) is 9.59 Å². The van der Waals surface area contributed by atoms with Gasteiger partial charge in [0.25, 0.3) is 5.91 Å². The van der Waals surface area contributed by atoms with Gasteiger partial charge < -0.3 is 9.64 Å². The number of carbonyl (C=O) groups excluding carboxylic acids is 2. The van der Waals surface area contributed by atoms with Gasteiger partial charge in [-0.25, -0.2) is 4.39 Å². The second-order valence-corrected chi connectivity index (χ2v) is 8.01. The Morgan fingerprint density at radius 2 is 1.86 bits per heavy atom. The first-order valence-corrected chi connectivity index (χ1v) is 9.80. The van der Waals surface area contributed by atoms with Crippen molar-refractivity contribution in [2.24, 2.45) is 0 Å². The number of ether oxygens (including phenoxy) is 1. The fourth-order valence-corrected chi connectivity index (χ4v) is 3.98. The maximum atomic E-state index is 15.2. The van der Waals surface area contributed by atoms with Gasteiger partial charge in [-0.1, -0.05) is 23.7 Å². The second kappa shape index (κ2) is 7.55. The molecule has 0 spiro atoms. The molecule has 2 aromatic carbocycles. The molecule has 1 fully saturated rings. The molecule has 2 aromatic rings. The summed E-state index contributed by atoms with van der Waals surface area (Å²) in [5, 5.41) is 0.634. The lowest BCUT2D eigenvalue weighted by atomic mass is 9.87. The smallest absolute Gasteiger partial charge is 0.253 e. The number of hydrogen-bond acceptors (Lipinski definition) is 3. The largest absolute Gasteiger partial charge is 0.486 e. The van der Waals surface area contributed by atoms with Gasteiger partial charge in [0.15, 0.2) is 5.78 Å². The summed E-state index contributed by atoms with van der Waals surface area (Å²) in [4.78, 5) is 26.1. The summed E-state index contributed by atoms with van der Waals surface area (Å²) in [6.07, 6.45) is 1.21.